The second-order valence-electron chi connectivity index (χ2n) is 7.17. The molecule has 0 radical (unpaired) electrons. The lowest BCUT2D eigenvalue weighted by Crippen LogP contribution is -2.15. The van der Waals surface area contributed by atoms with Gasteiger partial charge >= 0.3 is 0 Å². The van der Waals surface area contributed by atoms with Crippen molar-refractivity contribution in [1.29, 1.82) is 0 Å². The highest BCUT2D eigenvalue weighted by molar-refractivity contribution is 6.12. The largest absolute Gasteiger partial charge is 0.497 e. The van der Waals surface area contributed by atoms with Crippen LogP contribution >= 0.6 is 0 Å². The van der Waals surface area contributed by atoms with Gasteiger partial charge in [-0.2, -0.15) is 0 Å². The molecule has 2 aromatic rings. The van der Waals surface area contributed by atoms with Crippen LogP contribution in [0.2, 0.25) is 0 Å². The highest BCUT2D eigenvalue weighted by Crippen LogP contribution is 2.37. The van der Waals surface area contributed by atoms with Gasteiger partial charge in [0.2, 0.25) is 0 Å². The van der Waals surface area contributed by atoms with Crippen molar-refractivity contribution >= 4 is 5.78 Å². The molecule has 0 spiro atoms. The van der Waals surface area contributed by atoms with Crippen molar-refractivity contribution in [2.75, 3.05) is 47.3 Å². The number of methoxy groups -OCH3 is 2. The van der Waals surface area contributed by atoms with E-state index in [1.54, 1.807) is 56.7 Å². The van der Waals surface area contributed by atoms with E-state index in [4.69, 9.17) is 23.7 Å². The van der Waals surface area contributed by atoms with Crippen molar-refractivity contribution in [1.82, 2.24) is 0 Å². The fourth-order valence-corrected chi connectivity index (χ4v) is 3.48. The number of hydrogen-bond acceptors (Lipinski definition) is 6. The Morgan fingerprint density at radius 1 is 0.909 bits per heavy atom. The molecule has 0 fully saturated rings. The molecule has 0 atom stereocenters. The van der Waals surface area contributed by atoms with Gasteiger partial charge in [-0.1, -0.05) is 32.2 Å². The molecule has 0 saturated heterocycles. The molecule has 2 aromatic carbocycles. The third-order valence-corrected chi connectivity index (χ3v) is 5.05. The molecular formula is C27H34O6. The van der Waals surface area contributed by atoms with Crippen molar-refractivity contribution in [2.45, 2.75) is 19.8 Å². The van der Waals surface area contributed by atoms with Crippen LogP contribution in [-0.4, -0.2) is 53.0 Å². The molecule has 0 saturated carbocycles. The lowest BCUT2D eigenvalue weighted by molar-refractivity contribution is 0.0720. The molecule has 0 aromatic heterocycles. The van der Waals surface area contributed by atoms with Gasteiger partial charge in [0.05, 0.1) is 32.5 Å². The third kappa shape index (κ3) is 7.20. The van der Waals surface area contributed by atoms with Crippen molar-refractivity contribution in [3.05, 3.63) is 77.9 Å². The van der Waals surface area contributed by atoms with E-state index in [1.165, 1.54) is 0 Å². The Morgan fingerprint density at radius 2 is 1.58 bits per heavy atom. The van der Waals surface area contributed by atoms with Gasteiger partial charge in [0.1, 0.15) is 30.5 Å². The number of ether oxygens (including phenoxy) is 5. The van der Waals surface area contributed by atoms with Crippen molar-refractivity contribution < 1.29 is 28.5 Å². The van der Waals surface area contributed by atoms with E-state index < -0.39 is 0 Å². The van der Waals surface area contributed by atoms with Gasteiger partial charge in [0.15, 0.2) is 5.78 Å². The van der Waals surface area contributed by atoms with Crippen LogP contribution in [0, 0.1) is 0 Å². The Labute approximate surface area is 196 Å². The molecule has 0 heterocycles. The minimum atomic E-state index is -0.131. The fraction of sp³-hybridized carbons (Fsp3) is 0.370. The summed E-state index contributed by atoms with van der Waals surface area (Å²) < 4.78 is 27.9. The zero-order valence-corrected chi connectivity index (χ0v) is 19.9. The Balaban J connectivity index is 2.59. The van der Waals surface area contributed by atoms with Gasteiger partial charge in [0, 0.05) is 18.7 Å². The number of carbonyl (C=O) groups excluding carboxylic acids is 1. The van der Waals surface area contributed by atoms with E-state index in [0.717, 1.165) is 11.1 Å². The number of hydrogen-bond donors (Lipinski definition) is 0. The van der Waals surface area contributed by atoms with Crippen LogP contribution < -0.4 is 14.2 Å². The van der Waals surface area contributed by atoms with Crippen molar-refractivity contribution in [2.24, 2.45) is 0 Å². The first kappa shape index (κ1) is 26.2. The second-order valence-corrected chi connectivity index (χ2v) is 7.17. The van der Waals surface area contributed by atoms with Crippen molar-refractivity contribution in [3.8, 4) is 17.2 Å². The summed E-state index contributed by atoms with van der Waals surface area (Å²) in [6.45, 7) is 11.5. The minimum absolute atomic E-state index is 0.131. The van der Waals surface area contributed by atoms with E-state index in [2.05, 4.69) is 13.2 Å². The highest BCUT2D eigenvalue weighted by Gasteiger charge is 2.25. The molecule has 6 heteroatoms. The summed E-state index contributed by atoms with van der Waals surface area (Å²) in [5.41, 5.74) is 2.87. The summed E-state index contributed by atoms with van der Waals surface area (Å²) in [6.07, 6.45) is 4.55. The van der Waals surface area contributed by atoms with E-state index in [1.807, 2.05) is 6.92 Å². The Kier molecular flexibility index (Phi) is 11.2. The van der Waals surface area contributed by atoms with E-state index in [-0.39, 0.29) is 12.4 Å². The Bertz CT molecular complexity index is 917. The normalized spacial score (nSPS) is 10.5. The van der Waals surface area contributed by atoms with Gasteiger partial charge in [-0.25, -0.2) is 0 Å². The predicted octanol–water partition coefficient (Wildman–Crippen LogP) is 4.82. The van der Waals surface area contributed by atoms with Gasteiger partial charge < -0.3 is 23.7 Å². The lowest BCUT2D eigenvalue weighted by atomic mass is 9.90. The van der Waals surface area contributed by atoms with Gasteiger partial charge in [-0.05, 0) is 48.2 Å². The standard InChI is InChI=1S/C27H34O6/c1-6-14-32-24-19-25(33-15-7-2)26(27(28)20-9-11-21(30-5)12-10-20)23(22(24)8-3)13-16-31-18-17-29-4/h6-7,9-12,19H,1-2,8,13-18H2,3-5H3. The maximum Gasteiger partial charge on any atom is 0.197 e. The van der Waals surface area contributed by atoms with Gasteiger partial charge in [-0.15, -0.1) is 0 Å². The number of carbonyl (C=O) groups is 1. The van der Waals surface area contributed by atoms with Crippen LogP contribution in [0.3, 0.4) is 0 Å². The monoisotopic (exact) mass is 454 g/mol. The number of ketones is 1. The third-order valence-electron chi connectivity index (χ3n) is 5.05. The summed E-state index contributed by atoms with van der Waals surface area (Å²) >= 11 is 0. The molecule has 0 N–H and O–H groups in total. The predicted molar refractivity (Wildman–Crippen MR) is 130 cm³/mol. The maximum atomic E-state index is 13.7. The van der Waals surface area contributed by atoms with Gasteiger partial charge in [-0.3, -0.25) is 4.79 Å². The molecule has 33 heavy (non-hydrogen) atoms. The fourth-order valence-electron chi connectivity index (χ4n) is 3.48. The molecule has 0 amide bonds. The summed E-state index contributed by atoms with van der Waals surface area (Å²) in [7, 11) is 3.23. The molecule has 6 nitrogen and oxygen atoms in total. The summed E-state index contributed by atoms with van der Waals surface area (Å²) in [6, 6.07) is 8.84. The van der Waals surface area contributed by atoms with Crippen LogP contribution in [-0.2, 0) is 22.3 Å². The van der Waals surface area contributed by atoms with Crippen LogP contribution in [0.5, 0.6) is 17.2 Å². The Hall–Kier alpha value is -3.09. The summed E-state index contributed by atoms with van der Waals surface area (Å²) in [5.74, 6) is 1.69. The van der Waals surface area contributed by atoms with Gasteiger partial charge in [0.25, 0.3) is 0 Å². The Morgan fingerprint density at radius 3 is 2.15 bits per heavy atom. The first-order chi connectivity index (χ1) is 16.1. The average molecular weight is 455 g/mol. The first-order valence-corrected chi connectivity index (χ1v) is 11.0. The molecular weight excluding hydrogens is 420 g/mol. The zero-order chi connectivity index (χ0) is 24.1. The average Bonchev–Trinajstić information content (AvgIpc) is 2.85. The van der Waals surface area contributed by atoms with Crippen LogP contribution in [0.4, 0.5) is 0 Å². The molecule has 178 valence electrons. The van der Waals surface area contributed by atoms with Crippen LogP contribution in [0.15, 0.2) is 55.6 Å². The minimum Gasteiger partial charge on any atom is -0.497 e. The SMILES string of the molecule is C=CCOc1cc(OCC=C)c(C(=O)c2ccc(OC)cc2)c(CCOCCOC)c1CC. The molecule has 0 unspecified atom stereocenters. The quantitative estimate of drug-likeness (QED) is 0.206. The highest BCUT2D eigenvalue weighted by atomic mass is 16.5. The number of benzene rings is 2. The maximum absolute atomic E-state index is 13.7. The summed E-state index contributed by atoms with van der Waals surface area (Å²) in [5, 5.41) is 0. The van der Waals surface area contributed by atoms with Crippen LogP contribution in [0.25, 0.3) is 0 Å². The van der Waals surface area contributed by atoms with E-state index in [0.29, 0.717) is 67.6 Å². The second kappa shape index (κ2) is 14.1. The van der Waals surface area contributed by atoms with E-state index >= 15 is 0 Å². The first-order valence-electron chi connectivity index (χ1n) is 11.0. The lowest BCUT2D eigenvalue weighted by Gasteiger charge is -2.21. The summed E-state index contributed by atoms with van der Waals surface area (Å²) in [4.78, 5) is 13.7. The molecule has 0 bridgehead atoms. The van der Waals surface area contributed by atoms with E-state index in [9.17, 15) is 4.79 Å². The molecule has 2 rings (SSSR count). The smallest absolute Gasteiger partial charge is 0.197 e. The molecule has 0 aliphatic carbocycles. The molecule has 0 aliphatic rings. The zero-order valence-electron chi connectivity index (χ0n) is 19.9. The topological polar surface area (TPSA) is 63.2 Å². The number of rotatable bonds is 16. The van der Waals surface area contributed by atoms with Crippen LogP contribution in [0.1, 0.15) is 34.0 Å². The van der Waals surface area contributed by atoms with Crippen molar-refractivity contribution in [3.63, 3.8) is 0 Å². The molecule has 0 aliphatic heterocycles.